The number of methoxy groups -OCH3 is 1. The van der Waals surface area contributed by atoms with Crippen LogP contribution in [-0.2, 0) is 14.3 Å². The van der Waals surface area contributed by atoms with E-state index in [-0.39, 0.29) is 24.0 Å². The van der Waals surface area contributed by atoms with Crippen LogP contribution in [-0.4, -0.2) is 36.0 Å². The molecule has 15 heavy (non-hydrogen) atoms. The SMILES string of the molecule is COC(=O)[C@@H]1CCC(=O)N1C1CCCC1. The second-order valence-corrected chi connectivity index (χ2v) is 4.32. The summed E-state index contributed by atoms with van der Waals surface area (Å²) >= 11 is 0. The van der Waals surface area contributed by atoms with Crippen molar-refractivity contribution < 1.29 is 14.3 Å². The zero-order chi connectivity index (χ0) is 10.8. The molecule has 1 atom stereocenters. The van der Waals surface area contributed by atoms with Gasteiger partial charge in [0.15, 0.2) is 0 Å². The molecule has 0 bridgehead atoms. The lowest BCUT2D eigenvalue weighted by Gasteiger charge is -2.28. The minimum Gasteiger partial charge on any atom is -0.467 e. The maximum atomic E-state index is 11.7. The normalized spacial score (nSPS) is 27.4. The van der Waals surface area contributed by atoms with E-state index >= 15 is 0 Å². The number of amides is 1. The molecule has 1 saturated heterocycles. The summed E-state index contributed by atoms with van der Waals surface area (Å²) in [5.74, 6) is -0.134. The molecule has 0 spiro atoms. The van der Waals surface area contributed by atoms with Gasteiger partial charge in [0.1, 0.15) is 6.04 Å². The number of nitrogens with zero attached hydrogens (tertiary/aromatic N) is 1. The van der Waals surface area contributed by atoms with Crippen LogP contribution in [0.5, 0.6) is 0 Å². The van der Waals surface area contributed by atoms with E-state index in [1.807, 2.05) is 0 Å². The third-order valence-corrected chi connectivity index (χ3v) is 3.45. The molecule has 2 fully saturated rings. The molecular formula is C11H17NO3. The molecule has 4 nitrogen and oxygen atoms in total. The number of hydrogen-bond donors (Lipinski definition) is 0. The van der Waals surface area contributed by atoms with E-state index in [1.54, 1.807) is 4.90 Å². The molecule has 0 unspecified atom stereocenters. The molecule has 2 rings (SSSR count). The van der Waals surface area contributed by atoms with E-state index in [0.717, 1.165) is 12.8 Å². The molecule has 1 saturated carbocycles. The number of rotatable bonds is 2. The largest absolute Gasteiger partial charge is 0.467 e. The van der Waals surface area contributed by atoms with Gasteiger partial charge < -0.3 is 9.64 Å². The molecule has 1 heterocycles. The Bertz CT molecular complexity index is 271. The molecule has 1 amide bonds. The van der Waals surface area contributed by atoms with Crippen molar-refractivity contribution in [3.8, 4) is 0 Å². The van der Waals surface area contributed by atoms with Crippen molar-refractivity contribution in [2.75, 3.05) is 7.11 Å². The van der Waals surface area contributed by atoms with E-state index in [9.17, 15) is 9.59 Å². The van der Waals surface area contributed by atoms with Gasteiger partial charge in [0.25, 0.3) is 0 Å². The second kappa shape index (κ2) is 4.21. The van der Waals surface area contributed by atoms with Gasteiger partial charge in [0.05, 0.1) is 7.11 Å². The van der Waals surface area contributed by atoms with Crippen LogP contribution in [0.25, 0.3) is 0 Å². The summed E-state index contributed by atoms with van der Waals surface area (Å²) in [7, 11) is 1.39. The van der Waals surface area contributed by atoms with Gasteiger partial charge in [-0.15, -0.1) is 0 Å². The van der Waals surface area contributed by atoms with Crippen LogP contribution in [0.3, 0.4) is 0 Å². The quantitative estimate of drug-likeness (QED) is 0.642. The van der Waals surface area contributed by atoms with Gasteiger partial charge in [0.2, 0.25) is 5.91 Å². The smallest absolute Gasteiger partial charge is 0.328 e. The van der Waals surface area contributed by atoms with Crippen molar-refractivity contribution in [1.29, 1.82) is 0 Å². The number of carbonyl (C=O) groups excluding carboxylic acids is 2. The summed E-state index contributed by atoms with van der Waals surface area (Å²) in [6.07, 6.45) is 5.54. The lowest BCUT2D eigenvalue weighted by Crippen LogP contribution is -2.44. The number of esters is 1. The molecule has 0 aromatic rings. The Morgan fingerprint density at radius 1 is 1.33 bits per heavy atom. The van der Waals surface area contributed by atoms with Crippen molar-refractivity contribution >= 4 is 11.9 Å². The maximum absolute atomic E-state index is 11.7. The van der Waals surface area contributed by atoms with Crippen LogP contribution >= 0.6 is 0 Å². The first kappa shape index (κ1) is 10.5. The van der Waals surface area contributed by atoms with Crippen molar-refractivity contribution in [1.82, 2.24) is 4.90 Å². The van der Waals surface area contributed by atoms with Gasteiger partial charge in [-0.1, -0.05) is 12.8 Å². The van der Waals surface area contributed by atoms with Crippen LogP contribution < -0.4 is 0 Å². The van der Waals surface area contributed by atoms with Gasteiger partial charge in [-0.2, -0.15) is 0 Å². The topological polar surface area (TPSA) is 46.6 Å². The lowest BCUT2D eigenvalue weighted by molar-refractivity contribution is -0.150. The Morgan fingerprint density at radius 2 is 2.00 bits per heavy atom. The summed E-state index contributed by atoms with van der Waals surface area (Å²) in [5, 5.41) is 0. The Hall–Kier alpha value is -1.06. The van der Waals surface area contributed by atoms with Gasteiger partial charge >= 0.3 is 5.97 Å². The van der Waals surface area contributed by atoms with E-state index in [2.05, 4.69) is 0 Å². The summed E-state index contributed by atoms with van der Waals surface area (Å²) < 4.78 is 4.74. The van der Waals surface area contributed by atoms with E-state index in [1.165, 1.54) is 20.0 Å². The number of carbonyl (C=O) groups is 2. The first-order valence-corrected chi connectivity index (χ1v) is 5.63. The standard InChI is InChI=1S/C11H17NO3/c1-15-11(14)9-6-7-10(13)12(9)8-4-2-3-5-8/h8-9H,2-7H2,1H3/t9-/m0/s1. The fraction of sp³-hybridized carbons (Fsp3) is 0.818. The molecule has 84 valence electrons. The fourth-order valence-electron chi connectivity index (χ4n) is 2.71. The summed E-state index contributed by atoms with van der Waals surface area (Å²) in [6.45, 7) is 0. The van der Waals surface area contributed by atoms with Crippen molar-refractivity contribution in [3.05, 3.63) is 0 Å². The van der Waals surface area contributed by atoms with Crippen LogP contribution in [0.4, 0.5) is 0 Å². The van der Waals surface area contributed by atoms with Gasteiger partial charge in [-0.05, 0) is 19.3 Å². The highest BCUT2D eigenvalue weighted by Gasteiger charge is 2.41. The van der Waals surface area contributed by atoms with Crippen LogP contribution in [0.1, 0.15) is 38.5 Å². The molecule has 1 aliphatic heterocycles. The molecular weight excluding hydrogens is 194 g/mol. The highest BCUT2D eigenvalue weighted by Crippen LogP contribution is 2.31. The third kappa shape index (κ3) is 1.85. The fourth-order valence-corrected chi connectivity index (χ4v) is 2.71. The van der Waals surface area contributed by atoms with Crippen LogP contribution in [0.2, 0.25) is 0 Å². The van der Waals surface area contributed by atoms with Gasteiger partial charge in [-0.25, -0.2) is 4.79 Å². The summed E-state index contributed by atoms with van der Waals surface area (Å²) in [6, 6.07) is -0.0327. The Kier molecular flexibility index (Phi) is 2.93. The van der Waals surface area contributed by atoms with E-state index < -0.39 is 0 Å². The third-order valence-electron chi connectivity index (χ3n) is 3.45. The average molecular weight is 211 g/mol. The van der Waals surface area contributed by atoms with E-state index in [4.69, 9.17) is 4.74 Å². The Morgan fingerprint density at radius 3 is 2.60 bits per heavy atom. The molecule has 4 heteroatoms. The van der Waals surface area contributed by atoms with Crippen molar-refractivity contribution in [2.24, 2.45) is 0 Å². The minimum atomic E-state index is -0.314. The summed E-state index contributed by atoms with van der Waals surface area (Å²) in [5.41, 5.74) is 0. The van der Waals surface area contributed by atoms with Crippen LogP contribution in [0.15, 0.2) is 0 Å². The Balaban J connectivity index is 2.10. The second-order valence-electron chi connectivity index (χ2n) is 4.32. The number of ether oxygens (including phenoxy) is 1. The lowest BCUT2D eigenvalue weighted by atomic mass is 10.1. The van der Waals surface area contributed by atoms with Gasteiger partial charge in [0, 0.05) is 12.5 Å². The zero-order valence-electron chi connectivity index (χ0n) is 9.07. The predicted octanol–water partition coefficient (Wildman–Crippen LogP) is 1.09. The Labute approximate surface area is 89.6 Å². The molecule has 0 radical (unpaired) electrons. The average Bonchev–Trinajstić information content (AvgIpc) is 2.85. The number of hydrogen-bond acceptors (Lipinski definition) is 3. The molecule has 0 N–H and O–H groups in total. The first-order chi connectivity index (χ1) is 7.24. The molecule has 2 aliphatic rings. The first-order valence-electron chi connectivity index (χ1n) is 5.63. The maximum Gasteiger partial charge on any atom is 0.328 e. The highest BCUT2D eigenvalue weighted by atomic mass is 16.5. The zero-order valence-corrected chi connectivity index (χ0v) is 9.07. The van der Waals surface area contributed by atoms with Gasteiger partial charge in [-0.3, -0.25) is 4.79 Å². The predicted molar refractivity (Wildman–Crippen MR) is 54.1 cm³/mol. The summed E-state index contributed by atoms with van der Waals surface area (Å²) in [4.78, 5) is 25.0. The molecule has 1 aliphatic carbocycles. The van der Waals surface area contributed by atoms with Crippen molar-refractivity contribution in [2.45, 2.75) is 50.6 Å². The van der Waals surface area contributed by atoms with Crippen molar-refractivity contribution in [3.63, 3.8) is 0 Å². The number of likely N-dealkylation sites (tertiary alicyclic amines) is 1. The minimum absolute atomic E-state index is 0.123. The monoisotopic (exact) mass is 211 g/mol. The molecule has 0 aromatic heterocycles. The van der Waals surface area contributed by atoms with Crippen LogP contribution in [0, 0.1) is 0 Å². The van der Waals surface area contributed by atoms with E-state index in [0.29, 0.717) is 12.8 Å². The molecule has 0 aromatic carbocycles. The highest BCUT2D eigenvalue weighted by molar-refractivity contribution is 5.88.